The fourth-order valence-corrected chi connectivity index (χ4v) is 8.49. The molecule has 1 aliphatic rings. The Bertz CT molecular complexity index is 2820. The molecule has 0 atom stereocenters. The number of nitrogens with zero attached hydrogens (tertiary/aromatic N) is 3. The van der Waals surface area contributed by atoms with E-state index in [-0.39, 0.29) is 5.41 Å². The average molecular weight is 626 g/mol. The van der Waals surface area contributed by atoms with Gasteiger partial charge < -0.3 is 9.13 Å². The molecule has 0 saturated heterocycles. The lowest BCUT2D eigenvalue weighted by molar-refractivity contribution is 0.661. The molecule has 2 aromatic heterocycles. The van der Waals surface area contributed by atoms with Crippen LogP contribution in [0.1, 0.15) is 25.0 Å². The Balaban J connectivity index is 1.19. The summed E-state index contributed by atoms with van der Waals surface area (Å²) >= 11 is 0. The topological polar surface area (TPSA) is 14.2 Å². The van der Waals surface area contributed by atoms with Gasteiger partial charge in [0.1, 0.15) is 0 Å². The first-order chi connectivity index (χ1) is 24.0. The molecule has 1 aliphatic carbocycles. The third-order valence-electron chi connectivity index (χ3n) is 10.7. The monoisotopic (exact) mass is 625 g/mol. The summed E-state index contributed by atoms with van der Waals surface area (Å²) in [6.07, 6.45) is 0. The number of benzene rings is 7. The van der Waals surface area contributed by atoms with E-state index in [0.717, 1.165) is 38.9 Å². The lowest BCUT2D eigenvalue weighted by atomic mass is 9.82. The van der Waals surface area contributed by atoms with Crippen LogP contribution in [0.15, 0.2) is 152 Å². The van der Waals surface area contributed by atoms with Crippen LogP contribution in [0.25, 0.3) is 82.1 Å². The minimum atomic E-state index is -0.104. The molecule has 0 spiro atoms. The first-order valence-corrected chi connectivity index (χ1v) is 16.8. The van der Waals surface area contributed by atoms with Gasteiger partial charge in [-0.15, -0.1) is 0 Å². The summed E-state index contributed by atoms with van der Waals surface area (Å²) in [6, 6.07) is 54.6. The maximum Gasteiger partial charge on any atom is 0.188 e. The van der Waals surface area contributed by atoms with Gasteiger partial charge in [-0.2, -0.15) is 0 Å². The van der Waals surface area contributed by atoms with Crippen molar-refractivity contribution in [2.45, 2.75) is 19.3 Å². The van der Waals surface area contributed by atoms with E-state index in [1.165, 1.54) is 49.4 Å². The second kappa shape index (κ2) is 10.1. The van der Waals surface area contributed by atoms with Crippen molar-refractivity contribution < 1.29 is 0 Å². The van der Waals surface area contributed by atoms with Crippen LogP contribution in [-0.4, -0.2) is 9.13 Å². The Morgan fingerprint density at radius 2 is 1.06 bits per heavy atom. The zero-order valence-electron chi connectivity index (χ0n) is 27.3. The Morgan fingerprint density at radius 3 is 1.73 bits per heavy atom. The third-order valence-corrected chi connectivity index (χ3v) is 10.7. The molecule has 0 radical (unpaired) electrons. The molecule has 0 aliphatic heterocycles. The predicted octanol–water partition coefficient (Wildman–Crippen LogP) is 12.4. The normalized spacial score (nSPS) is 13.2. The second-order valence-corrected chi connectivity index (χ2v) is 13.7. The van der Waals surface area contributed by atoms with Crippen LogP contribution in [0.4, 0.5) is 5.69 Å². The highest BCUT2D eigenvalue weighted by molar-refractivity contribution is 6.18. The van der Waals surface area contributed by atoms with Crippen molar-refractivity contribution in [3.63, 3.8) is 0 Å². The second-order valence-electron chi connectivity index (χ2n) is 13.7. The quantitative estimate of drug-likeness (QED) is 0.174. The number of hydrogen-bond donors (Lipinski definition) is 0. The summed E-state index contributed by atoms with van der Waals surface area (Å²) in [5, 5.41) is 4.85. The van der Waals surface area contributed by atoms with E-state index in [1.807, 2.05) is 6.07 Å². The smallest absolute Gasteiger partial charge is 0.188 e. The van der Waals surface area contributed by atoms with Crippen molar-refractivity contribution in [1.29, 1.82) is 0 Å². The minimum Gasteiger partial charge on any atom is -0.309 e. The maximum absolute atomic E-state index is 7.83. The summed E-state index contributed by atoms with van der Waals surface area (Å²) in [5.41, 5.74) is 15.0. The van der Waals surface area contributed by atoms with Crippen LogP contribution >= 0.6 is 0 Å². The van der Waals surface area contributed by atoms with Gasteiger partial charge in [0, 0.05) is 32.9 Å². The molecule has 0 unspecified atom stereocenters. The van der Waals surface area contributed by atoms with Crippen molar-refractivity contribution in [2.75, 3.05) is 0 Å². The fourth-order valence-electron chi connectivity index (χ4n) is 8.49. The summed E-state index contributed by atoms with van der Waals surface area (Å²) in [6.45, 7) is 12.5. The molecule has 0 N–H and O–H groups in total. The van der Waals surface area contributed by atoms with Crippen molar-refractivity contribution in [2.24, 2.45) is 0 Å². The molecule has 9 aromatic rings. The van der Waals surface area contributed by atoms with Crippen molar-refractivity contribution in [1.82, 2.24) is 9.13 Å². The largest absolute Gasteiger partial charge is 0.309 e. The molecular weight excluding hydrogens is 595 g/mol. The average Bonchev–Trinajstić information content (AvgIpc) is 3.75. The molecule has 0 fully saturated rings. The molecule has 2 heterocycles. The Morgan fingerprint density at radius 1 is 0.490 bits per heavy atom. The van der Waals surface area contributed by atoms with Gasteiger partial charge in [-0.05, 0) is 93.4 Å². The maximum atomic E-state index is 7.83. The SMILES string of the molecule is [C-]#[N+]c1ccc2c(c1)c1c3c(ccc1n2-c1cccc(-c2cccc(-n4c5ccccc5c5ccccc54)c2)c1)C(C)(C)c1ccccc1-3. The molecule has 10 rings (SSSR count). The van der Waals surface area contributed by atoms with Crippen molar-refractivity contribution >= 4 is 49.3 Å². The number of aromatic nitrogens is 2. The highest BCUT2D eigenvalue weighted by atomic mass is 15.0. The highest BCUT2D eigenvalue weighted by Crippen LogP contribution is 2.53. The number of para-hydroxylation sites is 2. The van der Waals surface area contributed by atoms with Crippen LogP contribution in [0, 0.1) is 6.57 Å². The van der Waals surface area contributed by atoms with E-state index in [9.17, 15) is 0 Å². The zero-order valence-corrected chi connectivity index (χ0v) is 27.3. The molecule has 230 valence electrons. The summed E-state index contributed by atoms with van der Waals surface area (Å²) in [5.74, 6) is 0. The third kappa shape index (κ3) is 3.83. The van der Waals surface area contributed by atoms with E-state index in [1.54, 1.807) is 0 Å². The molecule has 49 heavy (non-hydrogen) atoms. The van der Waals surface area contributed by atoms with Gasteiger partial charge in [-0.1, -0.05) is 111 Å². The standard InChI is InChI=1S/C46H31N3/c1-46(2)38-19-7-4-18-36(38)44-39(46)23-25-43-45(44)37-28-31(47-3)22-24-42(37)49(43)33-15-11-13-30(27-33)29-12-10-14-32(26-29)48-40-20-8-5-16-34(40)35-17-6-9-21-41(35)48/h4-28H,1-2H3. The summed E-state index contributed by atoms with van der Waals surface area (Å²) in [4.78, 5) is 3.84. The Labute approximate surface area is 284 Å². The zero-order chi connectivity index (χ0) is 32.9. The van der Waals surface area contributed by atoms with Crippen LogP contribution in [0.2, 0.25) is 0 Å². The van der Waals surface area contributed by atoms with Crippen molar-refractivity contribution in [3.05, 3.63) is 174 Å². The summed E-state index contributed by atoms with van der Waals surface area (Å²) < 4.78 is 4.76. The first-order valence-electron chi connectivity index (χ1n) is 16.8. The van der Waals surface area contributed by atoms with Crippen LogP contribution in [-0.2, 0) is 5.41 Å². The molecular formula is C46H31N3. The fraction of sp³-hybridized carbons (Fsp3) is 0.0652. The van der Waals surface area contributed by atoms with Gasteiger partial charge >= 0.3 is 0 Å². The highest BCUT2D eigenvalue weighted by Gasteiger charge is 2.37. The molecule has 0 amide bonds. The Hall–Kier alpha value is -6.37. The number of hydrogen-bond acceptors (Lipinski definition) is 0. The molecule has 7 aromatic carbocycles. The Kier molecular flexibility index (Phi) is 5.69. The number of fused-ring (bicyclic) bond motifs is 10. The van der Waals surface area contributed by atoms with Gasteiger partial charge in [-0.3, -0.25) is 0 Å². The molecule has 3 nitrogen and oxygen atoms in total. The summed E-state index contributed by atoms with van der Waals surface area (Å²) in [7, 11) is 0. The molecule has 0 saturated carbocycles. The van der Waals surface area contributed by atoms with Gasteiger partial charge in [0.25, 0.3) is 0 Å². The van der Waals surface area contributed by atoms with E-state index in [4.69, 9.17) is 6.57 Å². The van der Waals surface area contributed by atoms with E-state index in [2.05, 4.69) is 173 Å². The van der Waals surface area contributed by atoms with Gasteiger partial charge in [0.2, 0.25) is 0 Å². The van der Waals surface area contributed by atoms with E-state index >= 15 is 0 Å². The first kappa shape index (κ1) is 27.7. The number of rotatable bonds is 3. The van der Waals surface area contributed by atoms with Gasteiger partial charge in [0.15, 0.2) is 5.69 Å². The van der Waals surface area contributed by atoms with Gasteiger partial charge in [0.05, 0.1) is 28.6 Å². The molecule has 0 bridgehead atoms. The van der Waals surface area contributed by atoms with Crippen molar-refractivity contribution in [3.8, 4) is 33.6 Å². The van der Waals surface area contributed by atoms with Gasteiger partial charge in [-0.25, -0.2) is 4.85 Å². The lowest BCUT2D eigenvalue weighted by Crippen LogP contribution is -2.14. The minimum absolute atomic E-state index is 0.104. The van der Waals surface area contributed by atoms with Crippen LogP contribution in [0.3, 0.4) is 0 Å². The lowest BCUT2D eigenvalue weighted by Gasteiger charge is -2.21. The predicted molar refractivity (Wildman–Crippen MR) is 204 cm³/mol. The molecule has 3 heteroatoms. The van der Waals surface area contributed by atoms with Crippen LogP contribution in [0.5, 0.6) is 0 Å². The van der Waals surface area contributed by atoms with E-state index < -0.39 is 0 Å². The van der Waals surface area contributed by atoms with E-state index in [0.29, 0.717) is 5.69 Å². The van der Waals surface area contributed by atoms with Crippen LogP contribution < -0.4 is 0 Å².